The largest absolute Gasteiger partial charge is 0.417 e. The van der Waals surface area contributed by atoms with Gasteiger partial charge in [0.15, 0.2) is 5.82 Å². The summed E-state index contributed by atoms with van der Waals surface area (Å²) in [4.78, 5) is 21.9. The zero-order valence-electron chi connectivity index (χ0n) is 14.2. The highest BCUT2D eigenvalue weighted by Gasteiger charge is 2.32. The van der Waals surface area contributed by atoms with E-state index in [0.717, 1.165) is 6.33 Å². The van der Waals surface area contributed by atoms with Gasteiger partial charge in [-0.25, -0.2) is 15.0 Å². The van der Waals surface area contributed by atoms with Gasteiger partial charge in [0.2, 0.25) is 11.6 Å². The number of nitrogens with one attached hydrogen (secondary N) is 3. The Bertz CT molecular complexity index is 1030. The number of hydrazine groups is 1. The second-order valence-electron chi connectivity index (χ2n) is 5.47. The normalized spacial score (nSPS) is 11.0. The van der Waals surface area contributed by atoms with Crippen LogP contribution in [0.2, 0.25) is 5.02 Å². The number of halogens is 4. The SMILES string of the molecule is O=[N+]([O-])c1c(NNc2ccccc2)ncnc1Nc1ncc(C(F)(F)F)cc1Cl. The van der Waals surface area contributed by atoms with Crippen LogP contribution in [0.5, 0.6) is 0 Å². The van der Waals surface area contributed by atoms with Crippen molar-refractivity contribution in [1.82, 2.24) is 15.0 Å². The van der Waals surface area contributed by atoms with Crippen LogP contribution in [0, 0.1) is 10.1 Å². The van der Waals surface area contributed by atoms with Crippen LogP contribution in [0.15, 0.2) is 48.9 Å². The van der Waals surface area contributed by atoms with Crippen molar-refractivity contribution >= 4 is 40.4 Å². The maximum atomic E-state index is 12.7. The molecule has 3 rings (SSSR count). The quantitative estimate of drug-likeness (QED) is 0.386. The second kappa shape index (κ2) is 8.14. The van der Waals surface area contributed by atoms with Gasteiger partial charge in [0.25, 0.3) is 0 Å². The lowest BCUT2D eigenvalue weighted by atomic mass is 10.2. The highest BCUT2D eigenvalue weighted by Crippen LogP contribution is 2.35. The Morgan fingerprint density at radius 3 is 2.31 bits per heavy atom. The van der Waals surface area contributed by atoms with Crippen LogP contribution in [0.1, 0.15) is 5.56 Å². The molecule has 1 aromatic carbocycles. The number of aromatic nitrogens is 3. The Kier molecular flexibility index (Phi) is 5.64. The van der Waals surface area contributed by atoms with E-state index < -0.39 is 22.4 Å². The number of nitrogens with zero attached hydrogens (tertiary/aromatic N) is 4. The first kappa shape index (κ1) is 20.1. The summed E-state index contributed by atoms with van der Waals surface area (Å²) in [6, 6.07) is 9.38. The first-order valence-electron chi connectivity index (χ1n) is 7.82. The summed E-state index contributed by atoms with van der Waals surface area (Å²) in [7, 11) is 0. The second-order valence-corrected chi connectivity index (χ2v) is 5.88. The van der Waals surface area contributed by atoms with Crippen LogP contribution in [-0.2, 0) is 6.18 Å². The summed E-state index contributed by atoms with van der Waals surface area (Å²) in [5.41, 5.74) is 4.34. The number of rotatable bonds is 6. The molecule has 0 aliphatic carbocycles. The summed E-state index contributed by atoms with van der Waals surface area (Å²) >= 11 is 5.83. The van der Waals surface area contributed by atoms with Gasteiger partial charge in [0.05, 0.1) is 21.2 Å². The number of hydrogen-bond acceptors (Lipinski definition) is 8. The Hall–Kier alpha value is -3.67. The molecule has 3 N–H and O–H groups in total. The van der Waals surface area contributed by atoms with Crippen molar-refractivity contribution in [2.45, 2.75) is 6.18 Å². The molecular formula is C16H11ClF3N7O2. The van der Waals surface area contributed by atoms with E-state index in [-0.39, 0.29) is 22.5 Å². The summed E-state index contributed by atoms with van der Waals surface area (Å²) < 4.78 is 38.2. The van der Waals surface area contributed by atoms with Crippen LogP contribution in [0.25, 0.3) is 0 Å². The van der Waals surface area contributed by atoms with Crippen molar-refractivity contribution in [2.24, 2.45) is 0 Å². The van der Waals surface area contributed by atoms with Gasteiger partial charge >= 0.3 is 11.9 Å². The van der Waals surface area contributed by atoms with Crippen molar-refractivity contribution in [3.63, 3.8) is 0 Å². The van der Waals surface area contributed by atoms with Crippen molar-refractivity contribution in [1.29, 1.82) is 0 Å². The Morgan fingerprint density at radius 2 is 1.69 bits per heavy atom. The Morgan fingerprint density at radius 1 is 1.00 bits per heavy atom. The lowest BCUT2D eigenvalue weighted by Gasteiger charge is -2.12. The summed E-state index contributed by atoms with van der Waals surface area (Å²) in [6.45, 7) is 0. The number of alkyl halides is 3. The van der Waals surface area contributed by atoms with Gasteiger partial charge in [0.1, 0.15) is 6.33 Å². The molecule has 3 aromatic rings. The summed E-state index contributed by atoms with van der Waals surface area (Å²) in [5.74, 6) is -0.723. The highest BCUT2D eigenvalue weighted by molar-refractivity contribution is 6.33. The fourth-order valence-electron chi connectivity index (χ4n) is 2.18. The van der Waals surface area contributed by atoms with Crippen LogP contribution in [0.4, 0.5) is 42.0 Å². The number of nitro groups is 1. The molecule has 2 aromatic heterocycles. The van der Waals surface area contributed by atoms with Gasteiger partial charge < -0.3 is 5.32 Å². The van der Waals surface area contributed by atoms with E-state index in [2.05, 4.69) is 31.1 Å². The fourth-order valence-corrected chi connectivity index (χ4v) is 2.40. The minimum Gasteiger partial charge on any atom is -0.318 e. The van der Waals surface area contributed by atoms with Crippen molar-refractivity contribution in [2.75, 3.05) is 16.2 Å². The number of para-hydroxylation sites is 1. The minimum atomic E-state index is -4.63. The third-order valence-corrected chi connectivity index (χ3v) is 3.80. The van der Waals surface area contributed by atoms with Crippen LogP contribution in [-0.4, -0.2) is 19.9 Å². The van der Waals surface area contributed by atoms with Crippen molar-refractivity contribution < 1.29 is 18.1 Å². The van der Waals surface area contributed by atoms with Crippen molar-refractivity contribution in [3.05, 3.63) is 69.6 Å². The highest BCUT2D eigenvalue weighted by atomic mass is 35.5. The monoisotopic (exact) mass is 425 g/mol. The number of hydrogen-bond donors (Lipinski definition) is 3. The van der Waals surface area contributed by atoms with E-state index in [1.54, 1.807) is 30.3 Å². The van der Waals surface area contributed by atoms with Gasteiger partial charge in [-0.2, -0.15) is 13.2 Å². The van der Waals surface area contributed by atoms with Gasteiger partial charge in [-0.15, -0.1) is 0 Å². The molecule has 0 spiro atoms. The minimum absolute atomic E-state index is 0.181. The Balaban J connectivity index is 1.89. The molecule has 0 radical (unpaired) electrons. The molecule has 150 valence electrons. The van der Waals surface area contributed by atoms with E-state index in [1.807, 2.05) is 0 Å². The molecule has 0 fully saturated rings. The Labute approximate surface area is 166 Å². The maximum Gasteiger partial charge on any atom is 0.417 e. The maximum absolute atomic E-state index is 12.7. The van der Waals surface area contributed by atoms with Gasteiger partial charge in [-0.05, 0) is 18.2 Å². The molecule has 0 saturated heterocycles. The summed E-state index contributed by atoms with van der Waals surface area (Å²) in [6.07, 6.45) is -3.05. The zero-order valence-corrected chi connectivity index (χ0v) is 15.0. The smallest absolute Gasteiger partial charge is 0.318 e. The van der Waals surface area contributed by atoms with Gasteiger partial charge in [-0.3, -0.25) is 21.0 Å². The van der Waals surface area contributed by atoms with Gasteiger partial charge in [-0.1, -0.05) is 29.8 Å². The number of benzene rings is 1. The van der Waals surface area contributed by atoms with E-state index in [0.29, 0.717) is 18.0 Å². The van der Waals surface area contributed by atoms with Crippen molar-refractivity contribution in [3.8, 4) is 0 Å². The number of pyridine rings is 1. The predicted molar refractivity (Wildman–Crippen MR) is 99.9 cm³/mol. The number of anilines is 4. The molecule has 0 amide bonds. The standard InChI is InChI=1S/C16H11ClF3N7O2/c17-11-6-9(16(18,19)20)7-21-13(11)24-14-12(27(28)29)15(23-8-22-14)26-25-10-4-2-1-3-5-10/h1-8,25H,(H2,21,22,23,24,26). The fraction of sp³-hybridized carbons (Fsp3) is 0.0625. The van der Waals surface area contributed by atoms with Gasteiger partial charge in [0, 0.05) is 6.20 Å². The lowest BCUT2D eigenvalue weighted by Crippen LogP contribution is -2.13. The lowest BCUT2D eigenvalue weighted by molar-refractivity contribution is -0.383. The summed E-state index contributed by atoms with van der Waals surface area (Å²) in [5, 5.41) is 13.6. The van der Waals surface area contributed by atoms with E-state index in [4.69, 9.17) is 11.6 Å². The third kappa shape index (κ3) is 4.79. The topological polar surface area (TPSA) is 118 Å². The average molecular weight is 426 g/mol. The molecule has 13 heteroatoms. The molecule has 0 aliphatic heterocycles. The first-order chi connectivity index (χ1) is 13.8. The molecule has 9 nitrogen and oxygen atoms in total. The molecule has 2 heterocycles. The van der Waals surface area contributed by atoms with Crippen LogP contribution < -0.4 is 16.2 Å². The van der Waals surface area contributed by atoms with E-state index in [1.165, 1.54) is 0 Å². The molecule has 0 unspecified atom stereocenters. The predicted octanol–water partition coefficient (Wildman–Crippen LogP) is 4.63. The molecule has 0 bridgehead atoms. The third-order valence-electron chi connectivity index (χ3n) is 3.51. The van der Waals surface area contributed by atoms with Crippen LogP contribution in [0.3, 0.4) is 0 Å². The average Bonchev–Trinajstić information content (AvgIpc) is 2.67. The molecule has 0 atom stereocenters. The molecule has 0 saturated carbocycles. The van der Waals surface area contributed by atoms with Crippen LogP contribution >= 0.6 is 11.6 Å². The van der Waals surface area contributed by atoms with E-state index >= 15 is 0 Å². The molecule has 0 aliphatic rings. The van der Waals surface area contributed by atoms with E-state index in [9.17, 15) is 23.3 Å². The zero-order chi connectivity index (χ0) is 21.0. The molecular weight excluding hydrogens is 415 g/mol. The first-order valence-corrected chi connectivity index (χ1v) is 8.19. The molecule has 29 heavy (non-hydrogen) atoms.